The number of carbonyl (C=O) groups excluding carboxylic acids is 1. The van der Waals surface area contributed by atoms with E-state index in [2.05, 4.69) is 20.3 Å². The number of aryl methyl sites for hydroxylation is 1. The van der Waals surface area contributed by atoms with Gasteiger partial charge < -0.3 is 20.7 Å². The Morgan fingerprint density at radius 2 is 1.86 bits per heavy atom. The number of amides is 1. The van der Waals surface area contributed by atoms with Crippen LogP contribution in [0.5, 0.6) is 5.88 Å². The first-order valence-electron chi connectivity index (χ1n) is 11.7. The lowest BCUT2D eigenvalue weighted by Gasteiger charge is -2.32. The second kappa shape index (κ2) is 9.79. The predicted molar refractivity (Wildman–Crippen MR) is 131 cm³/mol. The molecule has 1 aliphatic heterocycles. The fraction of sp³-hybridized carbons (Fsp3) is 0.440. The van der Waals surface area contributed by atoms with E-state index in [0.29, 0.717) is 47.2 Å². The Labute approximate surface area is 207 Å². The third-order valence-electron chi connectivity index (χ3n) is 6.52. The highest BCUT2D eigenvalue weighted by atomic mass is 19.4. The van der Waals surface area contributed by atoms with E-state index in [0.717, 1.165) is 30.5 Å². The Kier molecular flexibility index (Phi) is 6.92. The van der Waals surface area contributed by atoms with E-state index in [1.165, 1.54) is 6.07 Å². The van der Waals surface area contributed by atoms with Crippen molar-refractivity contribution in [1.29, 1.82) is 0 Å². The monoisotopic (exact) mass is 502 g/mol. The normalized spacial score (nSPS) is 15.7. The summed E-state index contributed by atoms with van der Waals surface area (Å²) in [6, 6.07) is 4.92. The van der Waals surface area contributed by atoms with Crippen molar-refractivity contribution >= 4 is 28.4 Å². The molecule has 1 aromatic carbocycles. The Bertz CT molecular complexity index is 1290. The number of nitrogens with one attached hydrogen (secondary N) is 1. The molecule has 0 bridgehead atoms. The Balaban J connectivity index is 1.71. The van der Waals surface area contributed by atoms with E-state index in [1.54, 1.807) is 27.9 Å². The van der Waals surface area contributed by atoms with Gasteiger partial charge in [0.25, 0.3) is 0 Å². The molecule has 4 rings (SSSR count). The highest BCUT2D eigenvalue weighted by molar-refractivity contribution is 5.88. The number of nitrogens with zero attached hydrogens (tertiary/aromatic N) is 4. The van der Waals surface area contributed by atoms with Crippen LogP contribution in [0, 0.1) is 6.92 Å². The van der Waals surface area contributed by atoms with Gasteiger partial charge in [0, 0.05) is 31.3 Å². The fourth-order valence-corrected chi connectivity index (χ4v) is 4.61. The fourth-order valence-electron chi connectivity index (χ4n) is 4.61. The Hall–Kier alpha value is -3.63. The third-order valence-corrected chi connectivity index (χ3v) is 6.52. The minimum absolute atomic E-state index is 0.0304. The molecule has 1 aliphatic rings. The van der Waals surface area contributed by atoms with Crippen LogP contribution in [0.4, 0.5) is 24.7 Å². The first kappa shape index (κ1) is 25.5. The topological polar surface area (TPSA) is 106 Å². The van der Waals surface area contributed by atoms with Crippen molar-refractivity contribution in [1.82, 2.24) is 19.9 Å². The maximum Gasteiger partial charge on any atom is 0.416 e. The van der Waals surface area contributed by atoms with Gasteiger partial charge in [-0.2, -0.15) is 18.2 Å². The summed E-state index contributed by atoms with van der Waals surface area (Å²) in [5.74, 6) is 1.56. The summed E-state index contributed by atoms with van der Waals surface area (Å²) in [5.41, 5.74) is 6.68. The zero-order valence-corrected chi connectivity index (χ0v) is 20.6. The van der Waals surface area contributed by atoms with Gasteiger partial charge in [0.15, 0.2) is 5.65 Å². The predicted octanol–water partition coefficient (Wildman–Crippen LogP) is 4.84. The maximum atomic E-state index is 13.3. The van der Waals surface area contributed by atoms with Crippen LogP contribution in [0.3, 0.4) is 0 Å². The first-order valence-corrected chi connectivity index (χ1v) is 11.7. The molecule has 36 heavy (non-hydrogen) atoms. The van der Waals surface area contributed by atoms with Gasteiger partial charge in [0.05, 0.1) is 24.1 Å². The lowest BCUT2D eigenvalue weighted by Crippen LogP contribution is -2.36. The lowest BCUT2D eigenvalue weighted by atomic mass is 9.89. The number of anilines is 2. The molecule has 0 saturated carbocycles. The molecule has 1 unspecified atom stereocenters. The number of carbonyl (C=O) groups is 1. The van der Waals surface area contributed by atoms with Gasteiger partial charge in [-0.25, -0.2) is 9.97 Å². The van der Waals surface area contributed by atoms with E-state index in [9.17, 15) is 18.0 Å². The number of fused-ring (bicyclic) bond motifs is 1. The summed E-state index contributed by atoms with van der Waals surface area (Å²) < 4.78 is 45.5. The van der Waals surface area contributed by atoms with E-state index >= 15 is 0 Å². The number of nitrogen functional groups attached to an aromatic ring is 1. The van der Waals surface area contributed by atoms with Crippen molar-refractivity contribution < 1.29 is 22.7 Å². The van der Waals surface area contributed by atoms with Crippen LogP contribution in [0.2, 0.25) is 0 Å². The summed E-state index contributed by atoms with van der Waals surface area (Å²) in [4.78, 5) is 27.1. The van der Waals surface area contributed by atoms with Crippen molar-refractivity contribution in [3.05, 3.63) is 46.8 Å². The van der Waals surface area contributed by atoms with Gasteiger partial charge >= 0.3 is 6.18 Å². The van der Waals surface area contributed by atoms with Crippen molar-refractivity contribution in [2.75, 3.05) is 31.2 Å². The number of halogens is 3. The zero-order valence-electron chi connectivity index (χ0n) is 20.6. The second-order valence-corrected chi connectivity index (χ2v) is 9.11. The number of likely N-dealkylation sites (tertiary alicyclic amines) is 1. The summed E-state index contributed by atoms with van der Waals surface area (Å²) in [6.07, 6.45) is -2.98. The average Bonchev–Trinajstić information content (AvgIpc) is 2.82. The number of rotatable bonds is 5. The molecule has 2 aromatic heterocycles. The second-order valence-electron chi connectivity index (χ2n) is 9.11. The van der Waals surface area contributed by atoms with E-state index in [-0.39, 0.29) is 17.5 Å². The van der Waals surface area contributed by atoms with Crippen LogP contribution < -0.4 is 15.8 Å². The Morgan fingerprint density at radius 1 is 1.17 bits per heavy atom. The van der Waals surface area contributed by atoms with Crippen molar-refractivity contribution in [2.24, 2.45) is 0 Å². The smallest absolute Gasteiger partial charge is 0.416 e. The minimum atomic E-state index is -4.50. The van der Waals surface area contributed by atoms with Gasteiger partial charge in [-0.05, 0) is 62.4 Å². The van der Waals surface area contributed by atoms with Gasteiger partial charge in [-0.15, -0.1) is 0 Å². The summed E-state index contributed by atoms with van der Waals surface area (Å²) >= 11 is 0. The van der Waals surface area contributed by atoms with Gasteiger partial charge in [0.2, 0.25) is 11.8 Å². The van der Waals surface area contributed by atoms with Crippen LogP contribution in [-0.2, 0) is 11.0 Å². The number of benzene rings is 1. The molecule has 0 radical (unpaired) electrons. The summed E-state index contributed by atoms with van der Waals surface area (Å²) in [6.45, 7) is 6.31. The number of nitrogens with two attached hydrogens (primary N) is 1. The molecule has 1 atom stereocenters. The maximum absolute atomic E-state index is 13.3. The first-order chi connectivity index (χ1) is 17.0. The highest BCUT2D eigenvalue weighted by Crippen LogP contribution is 2.37. The summed E-state index contributed by atoms with van der Waals surface area (Å²) in [7, 11) is 1.55. The van der Waals surface area contributed by atoms with E-state index < -0.39 is 17.8 Å². The number of methoxy groups -OCH3 is 1. The quantitative estimate of drug-likeness (QED) is 0.481. The van der Waals surface area contributed by atoms with Crippen LogP contribution in [0.25, 0.3) is 11.0 Å². The molecular weight excluding hydrogens is 473 g/mol. The molecule has 0 aliphatic carbocycles. The highest BCUT2D eigenvalue weighted by Gasteiger charge is 2.32. The third kappa shape index (κ3) is 5.29. The molecule has 1 saturated heterocycles. The molecule has 0 spiro atoms. The molecule has 8 nitrogen and oxygen atoms in total. The molecule has 1 amide bonds. The molecule has 11 heteroatoms. The molecular formula is C25H29F3N6O2. The summed E-state index contributed by atoms with van der Waals surface area (Å²) in [5, 5.41) is 3.87. The number of piperidine rings is 1. The number of hydrogen-bond donors (Lipinski definition) is 2. The SMILES string of the molecule is COc1nc2nc(C)nc(NC(C)c3cc(N)cc(C(F)(F)F)c3)c2cc1C1CCN(C(C)=O)CC1. The van der Waals surface area contributed by atoms with Crippen LogP contribution in [-0.4, -0.2) is 46.0 Å². The number of aromatic nitrogens is 3. The molecule has 1 fully saturated rings. The van der Waals surface area contributed by atoms with Crippen molar-refractivity contribution in [3.8, 4) is 5.88 Å². The molecule has 3 N–H and O–H groups in total. The average molecular weight is 503 g/mol. The van der Waals surface area contributed by atoms with Crippen LogP contribution in [0.1, 0.15) is 61.2 Å². The van der Waals surface area contributed by atoms with Gasteiger partial charge in [-0.1, -0.05) is 0 Å². The zero-order chi connectivity index (χ0) is 26.2. The van der Waals surface area contributed by atoms with Gasteiger partial charge in [0.1, 0.15) is 11.6 Å². The largest absolute Gasteiger partial charge is 0.481 e. The number of hydrogen-bond acceptors (Lipinski definition) is 7. The van der Waals surface area contributed by atoms with Crippen LogP contribution >= 0.6 is 0 Å². The molecule has 192 valence electrons. The number of pyridine rings is 1. The number of alkyl halides is 3. The van der Waals surface area contributed by atoms with E-state index in [1.807, 2.05) is 11.0 Å². The lowest BCUT2D eigenvalue weighted by molar-refractivity contribution is -0.137. The van der Waals surface area contributed by atoms with Crippen molar-refractivity contribution in [2.45, 2.75) is 51.7 Å². The molecule has 3 aromatic rings. The standard InChI is InChI=1S/C25H29F3N6O2/c1-13(17-9-18(25(26,27)28)11-19(29)10-17)30-22-21-12-20(16-5-7-34(8-6-16)15(3)35)24(36-4)33-23(21)32-14(2)31-22/h9-13,16H,5-8,29H2,1-4H3,(H,30,31,32,33). The molecule has 3 heterocycles. The van der Waals surface area contributed by atoms with Gasteiger partial charge in [-0.3, -0.25) is 4.79 Å². The number of ether oxygens (including phenoxy) is 1. The van der Waals surface area contributed by atoms with E-state index in [4.69, 9.17) is 10.5 Å². The van der Waals surface area contributed by atoms with Crippen LogP contribution in [0.15, 0.2) is 24.3 Å². The minimum Gasteiger partial charge on any atom is -0.481 e. The van der Waals surface area contributed by atoms with Crippen molar-refractivity contribution in [3.63, 3.8) is 0 Å². The Morgan fingerprint density at radius 3 is 2.47 bits per heavy atom.